The Hall–Kier alpha value is -2.27. The quantitative estimate of drug-likeness (QED) is 0.521. The highest BCUT2D eigenvalue weighted by molar-refractivity contribution is 8.13. The fraction of sp³-hybridized carbons (Fsp3) is 0.263. The number of amidine groups is 1. The maximum Gasteiger partial charge on any atom is 0.180 e. The molecular weight excluding hydrogens is 318 g/mol. The maximum atomic E-state index is 5.89. The molecule has 1 heterocycles. The number of hydrogen-bond donors (Lipinski definition) is 1. The van der Waals surface area contributed by atoms with Gasteiger partial charge in [-0.3, -0.25) is 0 Å². The predicted octanol–water partition coefficient (Wildman–Crippen LogP) is 3.98. The number of benzene rings is 2. The van der Waals surface area contributed by atoms with Crippen molar-refractivity contribution in [3.8, 4) is 5.75 Å². The minimum Gasteiger partial charge on any atom is -0.487 e. The van der Waals surface area contributed by atoms with Gasteiger partial charge in [-0.2, -0.15) is 5.10 Å². The molecule has 0 spiro atoms. The van der Waals surface area contributed by atoms with Gasteiger partial charge in [0.25, 0.3) is 0 Å². The third-order valence-electron chi connectivity index (χ3n) is 3.68. The standard InChI is InChI=1S/C19H21N3OS/c1-19(2)11-16-10-15(8-9-17(16)23-19)12-21-22-18(20)24-13-14-6-4-3-5-7-14/h3-10,12H,11,13H2,1-2H3,(H2,20,22). The summed E-state index contributed by atoms with van der Waals surface area (Å²) in [5.41, 5.74) is 9.18. The first-order chi connectivity index (χ1) is 11.5. The molecule has 24 heavy (non-hydrogen) atoms. The van der Waals surface area contributed by atoms with Gasteiger partial charge in [-0.05, 0) is 48.7 Å². The normalized spacial score (nSPS) is 16.2. The number of thioether (sulfide) groups is 1. The summed E-state index contributed by atoms with van der Waals surface area (Å²) < 4.78 is 5.87. The van der Waals surface area contributed by atoms with Crippen LogP contribution in [0.4, 0.5) is 0 Å². The maximum absolute atomic E-state index is 5.89. The molecule has 0 fully saturated rings. The molecule has 0 saturated heterocycles. The van der Waals surface area contributed by atoms with Crippen LogP contribution in [0.2, 0.25) is 0 Å². The summed E-state index contributed by atoms with van der Waals surface area (Å²) >= 11 is 1.48. The Morgan fingerprint density at radius 3 is 2.83 bits per heavy atom. The van der Waals surface area contributed by atoms with Crippen LogP contribution in [0.3, 0.4) is 0 Å². The van der Waals surface area contributed by atoms with Crippen LogP contribution in [-0.2, 0) is 12.2 Å². The summed E-state index contributed by atoms with van der Waals surface area (Å²) in [5.74, 6) is 1.75. The van der Waals surface area contributed by atoms with Crippen molar-refractivity contribution in [3.05, 3.63) is 65.2 Å². The Labute approximate surface area is 146 Å². The number of fused-ring (bicyclic) bond motifs is 1. The summed E-state index contributed by atoms with van der Waals surface area (Å²) in [7, 11) is 0. The number of hydrogen-bond acceptors (Lipinski definition) is 4. The number of nitrogens with zero attached hydrogens (tertiary/aromatic N) is 2. The van der Waals surface area contributed by atoms with Crippen molar-refractivity contribution in [2.75, 3.05) is 0 Å². The van der Waals surface area contributed by atoms with Gasteiger partial charge in [0.1, 0.15) is 11.4 Å². The number of rotatable bonds is 4. The molecule has 2 aromatic carbocycles. The lowest BCUT2D eigenvalue weighted by atomic mass is 10.0. The van der Waals surface area contributed by atoms with Gasteiger partial charge in [0, 0.05) is 12.2 Å². The zero-order valence-corrected chi connectivity index (χ0v) is 14.7. The van der Waals surface area contributed by atoms with Crippen molar-refractivity contribution in [1.29, 1.82) is 0 Å². The van der Waals surface area contributed by atoms with E-state index in [1.807, 2.05) is 30.3 Å². The van der Waals surface area contributed by atoms with E-state index >= 15 is 0 Å². The topological polar surface area (TPSA) is 60.0 Å². The van der Waals surface area contributed by atoms with Crippen LogP contribution < -0.4 is 10.5 Å². The molecule has 0 amide bonds. The molecule has 2 aromatic rings. The van der Waals surface area contributed by atoms with Crippen molar-refractivity contribution in [2.45, 2.75) is 31.6 Å². The summed E-state index contributed by atoms with van der Waals surface area (Å²) in [4.78, 5) is 0. The molecule has 0 aromatic heterocycles. The smallest absolute Gasteiger partial charge is 0.180 e. The highest BCUT2D eigenvalue weighted by atomic mass is 32.2. The van der Waals surface area contributed by atoms with Gasteiger partial charge in [-0.15, -0.1) is 5.10 Å². The fourth-order valence-corrected chi connectivity index (χ4v) is 3.23. The molecule has 0 saturated carbocycles. The second-order valence-corrected chi connectivity index (χ2v) is 7.36. The third-order valence-corrected chi connectivity index (χ3v) is 4.53. The van der Waals surface area contributed by atoms with Crippen LogP contribution in [-0.4, -0.2) is 17.0 Å². The van der Waals surface area contributed by atoms with Gasteiger partial charge in [0.2, 0.25) is 0 Å². The van der Waals surface area contributed by atoms with Crippen LogP contribution in [0.5, 0.6) is 5.75 Å². The van der Waals surface area contributed by atoms with Gasteiger partial charge < -0.3 is 10.5 Å². The molecular formula is C19H21N3OS. The largest absolute Gasteiger partial charge is 0.487 e. The van der Waals surface area contributed by atoms with E-state index in [1.54, 1.807) is 6.21 Å². The van der Waals surface area contributed by atoms with Crippen molar-refractivity contribution in [1.82, 2.24) is 0 Å². The first-order valence-corrected chi connectivity index (χ1v) is 8.86. The van der Waals surface area contributed by atoms with E-state index < -0.39 is 0 Å². The lowest BCUT2D eigenvalue weighted by Crippen LogP contribution is -2.24. The van der Waals surface area contributed by atoms with Crippen LogP contribution in [0.15, 0.2) is 58.7 Å². The molecule has 5 heteroatoms. The monoisotopic (exact) mass is 339 g/mol. The molecule has 0 unspecified atom stereocenters. The average Bonchev–Trinajstić information content (AvgIpc) is 2.87. The molecule has 4 nitrogen and oxygen atoms in total. The number of ether oxygens (including phenoxy) is 1. The van der Waals surface area contributed by atoms with Crippen molar-refractivity contribution in [2.24, 2.45) is 15.9 Å². The van der Waals surface area contributed by atoms with Crippen LogP contribution >= 0.6 is 11.8 Å². The van der Waals surface area contributed by atoms with E-state index in [-0.39, 0.29) is 5.60 Å². The molecule has 0 atom stereocenters. The van der Waals surface area contributed by atoms with Gasteiger partial charge in [0.15, 0.2) is 5.17 Å². The Morgan fingerprint density at radius 1 is 1.25 bits per heavy atom. The Bertz CT molecular complexity index is 769. The lowest BCUT2D eigenvalue weighted by Gasteiger charge is -2.16. The Morgan fingerprint density at radius 2 is 2.04 bits per heavy atom. The second kappa shape index (κ2) is 7.09. The van der Waals surface area contributed by atoms with Crippen LogP contribution in [0.25, 0.3) is 0 Å². The predicted molar refractivity (Wildman–Crippen MR) is 102 cm³/mol. The molecule has 124 valence electrons. The molecule has 0 aliphatic carbocycles. The van der Waals surface area contributed by atoms with Crippen molar-refractivity contribution in [3.63, 3.8) is 0 Å². The van der Waals surface area contributed by atoms with Crippen molar-refractivity contribution < 1.29 is 4.74 Å². The van der Waals surface area contributed by atoms with E-state index in [0.717, 1.165) is 23.5 Å². The summed E-state index contributed by atoms with van der Waals surface area (Å²) in [6, 6.07) is 16.2. The SMILES string of the molecule is CC1(C)Cc2cc(C=NN=C(N)SCc3ccccc3)ccc2O1. The van der Waals surface area contributed by atoms with Gasteiger partial charge in [-0.25, -0.2) is 0 Å². The minimum absolute atomic E-state index is 0.130. The van der Waals surface area contributed by atoms with E-state index in [1.165, 1.54) is 22.9 Å². The van der Waals surface area contributed by atoms with Gasteiger partial charge in [-0.1, -0.05) is 42.1 Å². The zero-order valence-electron chi connectivity index (χ0n) is 13.9. The Balaban J connectivity index is 1.58. The minimum atomic E-state index is -0.130. The molecule has 0 radical (unpaired) electrons. The van der Waals surface area contributed by atoms with E-state index in [9.17, 15) is 0 Å². The fourth-order valence-electron chi connectivity index (χ4n) is 2.62. The number of nitrogens with two attached hydrogens (primary N) is 1. The molecule has 0 bridgehead atoms. The summed E-state index contributed by atoms with van der Waals surface area (Å²) in [5, 5.41) is 8.60. The molecule has 1 aliphatic rings. The highest BCUT2D eigenvalue weighted by Crippen LogP contribution is 2.34. The summed E-state index contributed by atoms with van der Waals surface area (Å²) in [6.45, 7) is 4.19. The average molecular weight is 339 g/mol. The van der Waals surface area contributed by atoms with Gasteiger partial charge in [0.05, 0.1) is 6.21 Å². The highest BCUT2D eigenvalue weighted by Gasteiger charge is 2.29. The zero-order chi connectivity index (χ0) is 17.0. The van der Waals surface area contributed by atoms with E-state index in [0.29, 0.717) is 5.17 Å². The molecule has 3 rings (SSSR count). The molecule has 1 aliphatic heterocycles. The summed E-state index contributed by atoms with van der Waals surface area (Å²) in [6.07, 6.45) is 2.63. The third kappa shape index (κ3) is 4.38. The lowest BCUT2D eigenvalue weighted by molar-refractivity contribution is 0.138. The Kier molecular flexibility index (Phi) is 4.90. The first kappa shape index (κ1) is 16.6. The first-order valence-electron chi connectivity index (χ1n) is 7.87. The van der Waals surface area contributed by atoms with Crippen LogP contribution in [0, 0.1) is 0 Å². The molecule has 2 N–H and O–H groups in total. The second-order valence-electron chi connectivity index (χ2n) is 6.36. The van der Waals surface area contributed by atoms with Gasteiger partial charge >= 0.3 is 0 Å². The van der Waals surface area contributed by atoms with Crippen molar-refractivity contribution >= 4 is 23.1 Å². The van der Waals surface area contributed by atoms with E-state index in [2.05, 4.69) is 42.2 Å². The van der Waals surface area contributed by atoms with E-state index in [4.69, 9.17) is 10.5 Å². The van der Waals surface area contributed by atoms with Crippen LogP contribution in [0.1, 0.15) is 30.5 Å².